The molecule has 0 aromatic heterocycles. The van der Waals surface area contributed by atoms with Crippen LogP contribution in [0.5, 0.6) is 0 Å². The monoisotopic (exact) mass is 475 g/mol. The van der Waals surface area contributed by atoms with Crippen LogP contribution in [0.1, 0.15) is 33.1 Å². The van der Waals surface area contributed by atoms with Crippen molar-refractivity contribution in [1.29, 1.82) is 0 Å². The first kappa shape index (κ1) is 24.5. The number of nitrogens with zero attached hydrogens (tertiary/aromatic N) is 2. The van der Waals surface area contributed by atoms with Crippen molar-refractivity contribution in [2.45, 2.75) is 33.1 Å². The SMILES string of the molecule is CCCNC(=O)CCNC(=NC)NCCCN(CC)c1ccccc1.I. The van der Waals surface area contributed by atoms with Crippen LogP contribution in [-0.4, -0.2) is 51.6 Å². The van der Waals surface area contributed by atoms with Crippen LogP contribution in [0, 0.1) is 0 Å². The van der Waals surface area contributed by atoms with Crippen LogP contribution in [0.3, 0.4) is 0 Å². The highest BCUT2D eigenvalue weighted by Crippen LogP contribution is 2.12. The second-order valence-corrected chi connectivity index (χ2v) is 5.79. The molecule has 0 aliphatic heterocycles. The third-order valence-corrected chi connectivity index (χ3v) is 3.84. The fourth-order valence-electron chi connectivity index (χ4n) is 2.45. The maximum atomic E-state index is 11.6. The van der Waals surface area contributed by atoms with Gasteiger partial charge in [-0.15, -0.1) is 24.0 Å². The van der Waals surface area contributed by atoms with Crippen LogP contribution in [0.2, 0.25) is 0 Å². The van der Waals surface area contributed by atoms with Crippen LogP contribution < -0.4 is 20.9 Å². The van der Waals surface area contributed by atoms with E-state index in [1.54, 1.807) is 7.05 Å². The minimum atomic E-state index is 0. The lowest BCUT2D eigenvalue weighted by Crippen LogP contribution is -2.40. The number of carbonyl (C=O) groups excluding carboxylic acids is 1. The lowest BCUT2D eigenvalue weighted by Gasteiger charge is -2.23. The largest absolute Gasteiger partial charge is 0.372 e. The Morgan fingerprint density at radius 1 is 1.04 bits per heavy atom. The normalized spacial score (nSPS) is 10.7. The number of aliphatic imine (C=N–C) groups is 1. The van der Waals surface area contributed by atoms with Crippen molar-refractivity contribution in [1.82, 2.24) is 16.0 Å². The zero-order chi connectivity index (χ0) is 18.3. The van der Waals surface area contributed by atoms with Crippen LogP contribution >= 0.6 is 24.0 Å². The van der Waals surface area contributed by atoms with E-state index < -0.39 is 0 Å². The van der Waals surface area contributed by atoms with Crippen LogP contribution in [-0.2, 0) is 4.79 Å². The Morgan fingerprint density at radius 2 is 1.73 bits per heavy atom. The Balaban J connectivity index is 0.00000625. The number of hydrogen-bond acceptors (Lipinski definition) is 3. The van der Waals surface area contributed by atoms with E-state index in [4.69, 9.17) is 0 Å². The van der Waals surface area contributed by atoms with Gasteiger partial charge in [0.05, 0.1) is 0 Å². The van der Waals surface area contributed by atoms with Gasteiger partial charge in [0.25, 0.3) is 0 Å². The zero-order valence-corrected chi connectivity index (χ0v) is 18.6. The van der Waals surface area contributed by atoms with E-state index in [1.165, 1.54) is 5.69 Å². The molecular weight excluding hydrogens is 441 g/mol. The third-order valence-electron chi connectivity index (χ3n) is 3.84. The fraction of sp³-hybridized carbons (Fsp3) is 0.579. The number of anilines is 1. The predicted octanol–water partition coefficient (Wildman–Crippen LogP) is 2.60. The molecular formula is C19H34IN5O. The van der Waals surface area contributed by atoms with E-state index in [9.17, 15) is 4.79 Å². The zero-order valence-electron chi connectivity index (χ0n) is 16.3. The molecule has 26 heavy (non-hydrogen) atoms. The number of nitrogens with one attached hydrogen (secondary N) is 3. The number of hydrogen-bond donors (Lipinski definition) is 3. The number of para-hydroxylation sites is 1. The number of amides is 1. The molecule has 0 bridgehead atoms. The first-order valence-corrected chi connectivity index (χ1v) is 9.22. The second-order valence-electron chi connectivity index (χ2n) is 5.79. The van der Waals surface area contributed by atoms with Gasteiger partial charge in [-0.05, 0) is 31.9 Å². The van der Waals surface area contributed by atoms with Crippen molar-refractivity contribution in [3.8, 4) is 0 Å². The number of rotatable bonds is 11. The van der Waals surface area contributed by atoms with Gasteiger partial charge in [0.1, 0.15) is 0 Å². The molecule has 0 aliphatic carbocycles. The Bertz CT molecular complexity index is 510. The van der Waals surface area contributed by atoms with E-state index in [0.29, 0.717) is 13.0 Å². The molecule has 0 saturated heterocycles. The molecule has 0 unspecified atom stereocenters. The minimum Gasteiger partial charge on any atom is -0.372 e. The molecule has 0 heterocycles. The van der Waals surface area contributed by atoms with E-state index in [2.05, 4.69) is 57.0 Å². The van der Waals surface area contributed by atoms with Crippen molar-refractivity contribution in [3.05, 3.63) is 30.3 Å². The second kappa shape index (κ2) is 15.7. The number of carbonyl (C=O) groups is 1. The van der Waals surface area contributed by atoms with E-state index >= 15 is 0 Å². The van der Waals surface area contributed by atoms with Gasteiger partial charge in [0.2, 0.25) is 5.91 Å². The average Bonchev–Trinajstić information content (AvgIpc) is 2.65. The molecule has 0 saturated carbocycles. The topological polar surface area (TPSA) is 68.8 Å². The summed E-state index contributed by atoms with van der Waals surface area (Å²) in [6.07, 6.45) is 2.43. The Hall–Kier alpha value is -1.51. The molecule has 0 fully saturated rings. The number of guanidine groups is 1. The van der Waals surface area contributed by atoms with Gasteiger partial charge >= 0.3 is 0 Å². The first-order chi connectivity index (χ1) is 12.2. The molecule has 1 aromatic rings. The minimum absolute atomic E-state index is 0. The smallest absolute Gasteiger partial charge is 0.221 e. The van der Waals surface area contributed by atoms with E-state index in [-0.39, 0.29) is 29.9 Å². The summed E-state index contributed by atoms with van der Waals surface area (Å²) in [7, 11) is 1.74. The summed E-state index contributed by atoms with van der Waals surface area (Å²) < 4.78 is 0. The van der Waals surface area contributed by atoms with Gasteiger partial charge in [-0.25, -0.2) is 0 Å². The van der Waals surface area contributed by atoms with Crippen LogP contribution in [0.25, 0.3) is 0 Å². The first-order valence-electron chi connectivity index (χ1n) is 9.22. The van der Waals surface area contributed by atoms with E-state index in [1.807, 2.05) is 13.0 Å². The Kier molecular flexibility index (Phi) is 14.8. The van der Waals surface area contributed by atoms with Gasteiger partial charge in [-0.1, -0.05) is 25.1 Å². The lowest BCUT2D eigenvalue weighted by atomic mass is 10.2. The molecule has 1 rings (SSSR count). The van der Waals surface area contributed by atoms with Gasteiger partial charge in [0.15, 0.2) is 5.96 Å². The molecule has 0 spiro atoms. The standard InChI is InChI=1S/C19H33N5O.HI/c1-4-13-21-18(25)12-15-23-19(20-3)22-14-9-16-24(5-2)17-10-7-6-8-11-17;/h6-8,10-11H,4-5,9,12-16H2,1-3H3,(H,21,25)(H2,20,22,23);1H. The van der Waals surface area contributed by atoms with Crippen molar-refractivity contribution in [2.75, 3.05) is 44.7 Å². The summed E-state index contributed by atoms with van der Waals surface area (Å²) in [4.78, 5) is 18.1. The van der Waals surface area contributed by atoms with Crippen LogP contribution in [0.4, 0.5) is 5.69 Å². The maximum Gasteiger partial charge on any atom is 0.221 e. The lowest BCUT2D eigenvalue weighted by molar-refractivity contribution is -0.120. The third kappa shape index (κ3) is 10.5. The van der Waals surface area contributed by atoms with E-state index in [0.717, 1.165) is 45.0 Å². The quantitative estimate of drug-likeness (QED) is 0.199. The Morgan fingerprint density at radius 3 is 2.35 bits per heavy atom. The molecule has 3 N–H and O–H groups in total. The fourth-order valence-corrected chi connectivity index (χ4v) is 2.45. The summed E-state index contributed by atoms with van der Waals surface area (Å²) in [5.74, 6) is 0.817. The molecule has 6 nitrogen and oxygen atoms in total. The van der Waals surface area contributed by atoms with Gasteiger partial charge in [-0.2, -0.15) is 0 Å². The van der Waals surface area contributed by atoms with Gasteiger partial charge < -0.3 is 20.9 Å². The summed E-state index contributed by atoms with van der Waals surface area (Å²) >= 11 is 0. The van der Waals surface area contributed by atoms with Crippen molar-refractivity contribution >= 4 is 41.5 Å². The molecule has 148 valence electrons. The van der Waals surface area contributed by atoms with Crippen molar-refractivity contribution < 1.29 is 4.79 Å². The molecule has 0 atom stereocenters. The average molecular weight is 475 g/mol. The summed E-state index contributed by atoms with van der Waals surface area (Å²) in [5.41, 5.74) is 1.26. The van der Waals surface area contributed by atoms with Gasteiger partial charge in [0, 0.05) is 51.9 Å². The van der Waals surface area contributed by atoms with Crippen LogP contribution in [0.15, 0.2) is 35.3 Å². The predicted molar refractivity (Wildman–Crippen MR) is 122 cm³/mol. The highest BCUT2D eigenvalue weighted by Gasteiger charge is 2.04. The van der Waals surface area contributed by atoms with Gasteiger partial charge in [-0.3, -0.25) is 9.79 Å². The highest BCUT2D eigenvalue weighted by molar-refractivity contribution is 14.0. The number of halogens is 1. The van der Waals surface area contributed by atoms with Crippen molar-refractivity contribution in [2.24, 2.45) is 4.99 Å². The van der Waals surface area contributed by atoms with Crippen molar-refractivity contribution in [3.63, 3.8) is 0 Å². The molecule has 0 radical (unpaired) electrons. The summed E-state index contributed by atoms with van der Waals surface area (Å²) in [5, 5.41) is 9.34. The Labute approximate surface area is 175 Å². The molecule has 1 aromatic carbocycles. The highest BCUT2D eigenvalue weighted by atomic mass is 127. The molecule has 0 aliphatic rings. The number of benzene rings is 1. The summed E-state index contributed by atoms with van der Waals surface area (Å²) in [6.45, 7) is 8.35. The maximum absolute atomic E-state index is 11.6. The molecule has 1 amide bonds. The molecule has 7 heteroatoms. The summed E-state index contributed by atoms with van der Waals surface area (Å²) in [6, 6.07) is 10.5.